The molecule has 170 valence electrons. The summed E-state index contributed by atoms with van der Waals surface area (Å²) in [6.07, 6.45) is 8.71. The number of amides is 1. The van der Waals surface area contributed by atoms with Gasteiger partial charge in [-0.25, -0.2) is 4.39 Å². The predicted octanol–water partition coefficient (Wildman–Crippen LogP) is 5.62. The molecule has 5 nitrogen and oxygen atoms in total. The van der Waals surface area contributed by atoms with Crippen LogP contribution in [0.2, 0.25) is 0 Å². The highest BCUT2D eigenvalue weighted by Gasteiger charge is 2.52. The van der Waals surface area contributed by atoms with Crippen molar-refractivity contribution < 1.29 is 19.5 Å². The Hall–Kier alpha value is -2.80. The number of halogens is 1. The van der Waals surface area contributed by atoms with E-state index in [-0.39, 0.29) is 22.2 Å². The minimum Gasteiger partial charge on any atom is -0.505 e. The van der Waals surface area contributed by atoms with Crippen LogP contribution in [0.3, 0.4) is 0 Å². The van der Waals surface area contributed by atoms with Gasteiger partial charge in [0, 0.05) is 5.56 Å². The topological polar surface area (TPSA) is 81.9 Å². The molecule has 1 amide bonds. The van der Waals surface area contributed by atoms with Crippen molar-refractivity contribution in [1.82, 2.24) is 5.32 Å². The number of nitrogens with zero attached hydrogens (tertiary/aromatic N) is 1. The van der Waals surface area contributed by atoms with Gasteiger partial charge in [-0.05, 0) is 114 Å². The molecule has 2 aromatic carbocycles. The number of hydrogen-bond donors (Lipinski definition) is 3. The van der Waals surface area contributed by atoms with Crippen molar-refractivity contribution in [3.05, 3.63) is 58.2 Å². The first-order valence-corrected chi connectivity index (χ1v) is 12.3. The molecule has 4 bridgehead atoms. The van der Waals surface area contributed by atoms with E-state index < -0.39 is 5.82 Å². The molecule has 7 rings (SSSR count). The van der Waals surface area contributed by atoms with E-state index in [4.69, 9.17) is 5.21 Å². The maximum Gasteiger partial charge on any atom is 0.264 e. The average molecular weight is 465 g/mol. The lowest BCUT2D eigenvalue weighted by molar-refractivity contribution is -0.115. The third-order valence-electron chi connectivity index (χ3n) is 7.93. The van der Waals surface area contributed by atoms with E-state index in [9.17, 15) is 9.90 Å². The molecule has 4 aliphatic carbocycles. The monoisotopic (exact) mass is 464 g/mol. The van der Waals surface area contributed by atoms with Crippen LogP contribution in [-0.2, 0) is 10.2 Å². The fourth-order valence-electron chi connectivity index (χ4n) is 7.05. The van der Waals surface area contributed by atoms with Crippen molar-refractivity contribution in [2.45, 2.75) is 43.9 Å². The zero-order valence-electron chi connectivity index (χ0n) is 18.1. The SMILES string of the molecule is O=C1NC(=NO)S/C1=C\c1cccc(-c2cc(F)c(O)c(C34CC5CC(CC(C5)C3)C4)c2)c1. The molecule has 0 atom stereocenters. The number of thioether (sulfide) groups is 1. The number of hydrogen-bond acceptors (Lipinski definition) is 5. The Balaban J connectivity index is 1.38. The van der Waals surface area contributed by atoms with Crippen LogP contribution in [0.4, 0.5) is 4.39 Å². The highest BCUT2D eigenvalue weighted by molar-refractivity contribution is 8.18. The zero-order chi connectivity index (χ0) is 22.7. The second kappa shape index (κ2) is 7.62. The van der Waals surface area contributed by atoms with Crippen LogP contribution < -0.4 is 5.32 Å². The first-order chi connectivity index (χ1) is 15.9. The molecular formula is C26H25FN2O3S. The van der Waals surface area contributed by atoms with Crippen LogP contribution in [0.5, 0.6) is 5.75 Å². The number of amidine groups is 1. The van der Waals surface area contributed by atoms with Gasteiger partial charge in [0.05, 0.1) is 4.91 Å². The number of phenols is 1. The standard InChI is InChI=1S/C26H25FN2O3S/c27-21-10-19(18-3-1-2-14(7-18)8-22-24(31)28-25(29-32)33-22)9-20(23(21)30)26-11-15-4-16(12-26)6-17(5-15)13-26/h1-3,7-10,15-17,30,32H,4-6,11-13H2,(H,28,29,31)/b22-8-. The average Bonchev–Trinajstić information content (AvgIpc) is 3.14. The Morgan fingerprint density at radius 3 is 2.39 bits per heavy atom. The minimum absolute atomic E-state index is 0.117. The van der Waals surface area contributed by atoms with Gasteiger partial charge in [-0.3, -0.25) is 10.1 Å². The normalized spacial score (nSPS) is 32.6. The second-order valence-corrected chi connectivity index (χ2v) is 11.2. The Kier molecular flexibility index (Phi) is 4.80. The zero-order valence-corrected chi connectivity index (χ0v) is 18.9. The van der Waals surface area contributed by atoms with Crippen LogP contribution in [0, 0.1) is 23.6 Å². The quantitative estimate of drug-likeness (QED) is 0.313. The molecule has 4 saturated carbocycles. The van der Waals surface area contributed by atoms with Crippen LogP contribution in [0.15, 0.2) is 46.5 Å². The predicted molar refractivity (Wildman–Crippen MR) is 126 cm³/mol. The highest BCUT2D eigenvalue weighted by Crippen LogP contribution is 2.62. The van der Waals surface area contributed by atoms with Crippen LogP contribution >= 0.6 is 11.8 Å². The van der Waals surface area contributed by atoms with Gasteiger partial charge in [-0.15, -0.1) is 0 Å². The molecular weight excluding hydrogens is 439 g/mol. The van der Waals surface area contributed by atoms with Gasteiger partial charge in [-0.2, -0.15) is 0 Å². The van der Waals surface area contributed by atoms with E-state index in [2.05, 4.69) is 10.5 Å². The van der Waals surface area contributed by atoms with Crippen molar-refractivity contribution in [3.63, 3.8) is 0 Å². The van der Waals surface area contributed by atoms with Crippen LogP contribution in [0.25, 0.3) is 17.2 Å². The Bertz CT molecular complexity index is 1190. The highest BCUT2D eigenvalue weighted by atomic mass is 32.2. The molecule has 7 heteroatoms. The number of aromatic hydroxyl groups is 1. The molecule has 0 spiro atoms. The molecule has 0 radical (unpaired) electrons. The summed E-state index contributed by atoms with van der Waals surface area (Å²) in [6, 6.07) is 11.0. The fraction of sp³-hybridized carbons (Fsp3) is 0.385. The molecule has 1 heterocycles. The van der Waals surface area contributed by atoms with E-state index in [0.717, 1.165) is 53.3 Å². The van der Waals surface area contributed by atoms with Crippen molar-refractivity contribution in [1.29, 1.82) is 0 Å². The van der Waals surface area contributed by atoms with Crippen molar-refractivity contribution >= 4 is 28.9 Å². The van der Waals surface area contributed by atoms with Crippen LogP contribution in [-0.4, -0.2) is 21.4 Å². The molecule has 5 fully saturated rings. The Labute approximate surface area is 195 Å². The summed E-state index contributed by atoms with van der Waals surface area (Å²) in [5, 5.41) is 25.3. The third-order valence-corrected chi connectivity index (χ3v) is 8.83. The second-order valence-electron chi connectivity index (χ2n) is 10.1. The van der Waals surface area contributed by atoms with Gasteiger partial charge in [0.2, 0.25) is 5.17 Å². The van der Waals surface area contributed by atoms with E-state index in [1.807, 2.05) is 30.3 Å². The van der Waals surface area contributed by atoms with Crippen molar-refractivity contribution in [3.8, 4) is 16.9 Å². The molecule has 0 unspecified atom stereocenters. The first-order valence-electron chi connectivity index (χ1n) is 11.5. The maximum absolute atomic E-state index is 15.0. The van der Waals surface area contributed by atoms with Gasteiger partial charge < -0.3 is 10.3 Å². The Morgan fingerprint density at radius 2 is 1.76 bits per heavy atom. The maximum atomic E-state index is 15.0. The van der Waals surface area contributed by atoms with Crippen molar-refractivity contribution in [2.75, 3.05) is 0 Å². The number of nitrogens with one attached hydrogen (secondary N) is 1. The Morgan fingerprint density at radius 1 is 1.06 bits per heavy atom. The summed E-state index contributed by atoms with van der Waals surface area (Å²) in [5.41, 5.74) is 3.00. The first kappa shape index (κ1) is 20.8. The summed E-state index contributed by atoms with van der Waals surface area (Å²) in [6.45, 7) is 0. The van der Waals surface area contributed by atoms with E-state index in [0.29, 0.717) is 22.7 Å². The summed E-state index contributed by atoms with van der Waals surface area (Å²) in [4.78, 5) is 12.5. The summed E-state index contributed by atoms with van der Waals surface area (Å²) in [5.74, 6) is 1.00. The lowest BCUT2D eigenvalue weighted by atomic mass is 9.48. The summed E-state index contributed by atoms with van der Waals surface area (Å²) < 4.78 is 15.0. The molecule has 2 aromatic rings. The molecule has 1 aliphatic heterocycles. The van der Waals surface area contributed by atoms with Crippen LogP contribution in [0.1, 0.15) is 49.7 Å². The molecule has 1 saturated heterocycles. The van der Waals surface area contributed by atoms with Gasteiger partial charge in [-0.1, -0.05) is 23.4 Å². The van der Waals surface area contributed by atoms with Gasteiger partial charge in [0.25, 0.3) is 5.91 Å². The molecule has 3 N–H and O–H groups in total. The summed E-state index contributed by atoms with van der Waals surface area (Å²) >= 11 is 1.06. The molecule has 33 heavy (non-hydrogen) atoms. The van der Waals surface area contributed by atoms with E-state index in [1.54, 1.807) is 6.08 Å². The number of rotatable bonds is 3. The fourth-order valence-corrected chi connectivity index (χ4v) is 7.78. The van der Waals surface area contributed by atoms with Gasteiger partial charge in [0.1, 0.15) is 0 Å². The number of carbonyl (C=O) groups is 1. The minimum atomic E-state index is -0.573. The number of phenolic OH excluding ortho intramolecular Hbond substituents is 1. The largest absolute Gasteiger partial charge is 0.505 e. The number of oxime groups is 1. The third kappa shape index (κ3) is 3.53. The lowest BCUT2D eigenvalue weighted by Crippen LogP contribution is -2.48. The van der Waals surface area contributed by atoms with E-state index in [1.165, 1.54) is 25.3 Å². The number of benzene rings is 2. The van der Waals surface area contributed by atoms with E-state index >= 15 is 4.39 Å². The molecule has 5 aliphatic rings. The van der Waals surface area contributed by atoms with Gasteiger partial charge in [0.15, 0.2) is 11.6 Å². The smallest absolute Gasteiger partial charge is 0.264 e. The number of carbonyl (C=O) groups excluding carboxylic acids is 1. The molecule has 0 aromatic heterocycles. The lowest BCUT2D eigenvalue weighted by Gasteiger charge is -2.57. The van der Waals surface area contributed by atoms with Crippen molar-refractivity contribution in [2.24, 2.45) is 22.9 Å². The summed E-state index contributed by atoms with van der Waals surface area (Å²) in [7, 11) is 0. The van der Waals surface area contributed by atoms with Gasteiger partial charge >= 0.3 is 0 Å².